The highest BCUT2D eigenvalue weighted by Gasteiger charge is 2.35. The van der Waals surface area contributed by atoms with Crippen LogP contribution in [-0.2, 0) is 4.79 Å². The maximum atomic E-state index is 12.8. The second kappa shape index (κ2) is 6.70. The third-order valence-corrected chi connectivity index (χ3v) is 4.73. The van der Waals surface area contributed by atoms with E-state index in [1.807, 2.05) is 13.8 Å². The van der Waals surface area contributed by atoms with Crippen LogP contribution in [0.1, 0.15) is 37.4 Å². The fourth-order valence-corrected chi connectivity index (χ4v) is 3.05. The van der Waals surface area contributed by atoms with Gasteiger partial charge in [0.05, 0.1) is 11.7 Å². The SMILES string of the molecule is CC(C)c1noc(C2CN(C(=O)CSc3ccc(F)cc3)C2)n1. The van der Waals surface area contributed by atoms with Gasteiger partial charge in [-0.15, -0.1) is 11.8 Å². The van der Waals surface area contributed by atoms with Gasteiger partial charge < -0.3 is 9.42 Å². The monoisotopic (exact) mass is 335 g/mol. The van der Waals surface area contributed by atoms with E-state index in [-0.39, 0.29) is 23.6 Å². The van der Waals surface area contributed by atoms with E-state index in [1.54, 1.807) is 17.0 Å². The lowest BCUT2D eigenvalue weighted by Gasteiger charge is -2.37. The number of amides is 1. The third-order valence-electron chi connectivity index (χ3n) is 3.73. The van der Waals surface area contributed by atoms with Gasteiger partial charge in [-0.1, -0.05) is 19.0 Å². The number of carbonyl (C=O) groups excluding carboxylic acids is 1. The van der Waals surface area contributed by atoms with Crippen molar-refractivity contribution < 1.29 is 13.7 Å². The van der Waals surface area contributed by atoms with Crippen molar-refractivity contribution in [1.82, 2.24) is 15.0 Å². The Balaban J connectivity index is 1.46. The van der Waals surface area contributed by atoms with Crippen LogP contribution in [0.5, 0.6) is 0 Å². The molecule has 1 aliphatic heterocycles. The van der Waals surface area contributed by atoms with Crippen molar-refractivity contribution in [1.29, 1.82) is 0 Å². The molecule has 0 unspecified atom stereocenters. The molecule has 3 rings (SSSR count). The Bertz CT molecular complexity index is 681. The lowest BCUT2D eigenvalue weighted by molar-refractivity contribution is -0.133. The molecule has 122 valence electrons. The molecule has 7 heteroatoms. The van der Waals surface area contributed by atoms with Crippen LogP contribution in [0.2, 0.25) is 0 Å². The zero-order valence-electron chi connectivity index (χ0n) is 13.0. The lowest BCUT2D eigenvalue weighted by atomic mass is 10.0. The van der Waals surface area contributed by atoms with Crippen LogP contribution in [-0.4, -0.2) is 39.8 Å². The summed E-state index contributed by atoms with van der Waals surface area (Å²) in [6.07, 6.45) is 0. The first-order valence-electron chi connectivity index (χ1n) is 7.52. The van der Waals surface area contributed by atoms with Gasteiger partial charge in [0.25, 0.3) is 0 Å². The molecule has 1 amide bonds. The van der Waals surface area contributed by atoms with Gasteiger partial charge in [-0.25, -0.2) is 4.39 Å². The van der Waals surface area contributed by atoms with E-state index in [0.717, 1.165) is 4.90 Å². The smallest absolute Gasteiger partial charge is 0.233 e. The molecule has 1 saturated heterocycles. The summed E-state index contributed by atoms with van der Waals surface area (Å²) in [4.78, 5) is 19.2. The molecule has 0 saturated carbocycles. The molecular weight excluding hydrogens is 317 g/mol. The van der Waals surface area contributed by atoms with Crippen molar-refractivity contribution in [3.8, 4) is 0 Å². The first-order valence-corrected chi connectivity index (χ1v) is 8.51. The number of thioether (sulfide) groups is 1. The summed E-state index contributed by atoms with van der Waals surface area (Å²) in [5, 5.41) is 3.95. The van der Waals surface area contributed by atoms with Crippen molar-refractivity contribution in [3.05, 3.63) is 41.8 Å². The van der Waals surface area contributed by atoms with Crippen LogP contribution in [0, 0.1) is 5.82 Å². The summed E-state index contributed by atoms with van der Waals surface area (Å²) in [6, 6.07) is 6.15. The fourth-order valence-electron chi connectivity index (χ4n) is 2.25. The summed E-state index contributed by atoms with van der Waals surface area (Å²) in [5.74, 6) is 1.83. The van der Waals surface area contributed by atoms with Gasteiger partial charge in [-0.3, -0.25) is 4.79 Å². The van der Waals surface area contributed by atoms with E-state index in [2.05, 4.69) is 10.1 Å². The van der Waals surface area contributed by atoms with Crippen molar-refractivity contribution in [2.45, 2.75) is 30.6 Å². The molecule has 1 aliphatic rings. The Kier molecular flexibility index (Phi) is 4.66. The zero-order valence-corrected chi connectivity index (χ0v) is 13.8. The molecule has 0 aliphatic carbocycles. The molecular formula is C16H18FN3O2S. The number of hydrogen-bond donors (Lipinski definition) is 0. The summed E-state index contributed by atoms with van der Waals surface area (Å²) < 4.78 is 18.1. The maximum Gasteiger partial charge on any atom is 0.233 e. The van der Waals surface area contributed by atoms with Crippen molar-refractivity contribution in [2.24, 2.45) is 0 Å². The van der Waals surface area contributed by atoms with Crippen LogP contribution < -0.4 is 0 Å². The largest absolute Gasteiger partial charge is 0.340 e. The lowest BCUT2D eigenvalue weighted by Crippen LogP contribution is -2.49. The maximum absolute atomic E-state index is 12.8. The van der Waals surface area contributed by atoms with Gasteiger partial charge in [-0.05, 0) is 24.3 Å². The zero-order chi connectivity index (χ0) is 16.4. The highest BCUT2D eigenvalue weighted by Crippen LogP contribution is 2.28. The third kappa shape index (κ3) is 3.72. The molecule has 2 heterocycles. The molecule has 0 bridgehead atoms. The minimum atomic E-state index is -0.272. The average molecular weight is 335 g/mol. The minimum absolute atomic E-state index is 0.0687. The predicted molar refractivity (Wildman–Crippen MR) is 84.8 cm³/mol. The van der Waals surface area contributed by atoms with Gasteiger partial charge in [0.2, 0.25) is 11.8 Å². The number of halogens is 1. The molecule has 0 N–H and O–H groups in total. The molecule has 1 aromatic heterocycles. The quantitative estimate of drug-likeness (QED) is 0.786. The van der Waals surface area contributed by atoms with Crippen LogP contribution in [0.15, 0.2) is 33.7 Å². The second-order valence-corrected chi connectivity index (χ2v) is 6.93. The van der Waals surface area contributed by atoms with Crippen molar-refractivity contribution in [2.75, 3.05) is 18.8 Å². The number of hydrogen-bond acceptors (Lipinski definition) is 5. The Labute approximate surface area is 138 Å². The van der Waals surface area contributed by atoms with Crippen LogP contribution in [0.3, 0.4) is 0 Å². The number of aromatic nitrogens is 2. The van der Waals surface area contributed by atoms with E-state index in [1.165, 1.54) is 23.9 Å². The molecule has 5 nitrogen and oxygen atoms in total. The molecule has 1 aromatic carbocycles. The molecule has 0 spiro atoms. The Morgan fingerprint density at radius 2 is 2.09 bits per heavy atom. The summed E-state index contributed by atoms with van der Waals surface area (Å²) in [5.41, 5.74) is 0. The first kappa shape index (κ1) is 16.0. The standard InChI is InChI=1S/C16H18FN3O2S/c1-10(2)15-18-16(22-19-15)11-7-20(8-11)14(21)9-23-13-5-3-12(17)4-6-13/h3-6,10-11H,7-9H2,1-2H3. The predicted octanol–water partition coefficient (Wildman–Crippen LogP) is 3.05. The number of carbonyl (C=O) groups is 1. The van der Waals surface area contributed by atoms with Gasteiger partial charge in [0.15, 0.2) is 5.82 Å². The van der Waals surface area contributed by atoms with Gasteiger partial charge in [0, 0.05) is 23.9 Å². The highest BCUT2D eigenvalue weighted by molar-refractivity contribution is 8.00. The molecule has 23 heavy (non-hydrogen) atoms. The Hall–Kier alpha value is -1.89. The summed E-state index contributed by atoms with van der Waals surface area (Å²) in [6.45, 7) is 5.25. The van der Waals surface area contributed by atoms with Gasteiger partial charge in [0.1, 0.15) is 5.82 Å². The van der Waals surface area contributed by atoms with Gasteiger partial charge in [-0.2, -0.15) is 4.98 Å². The molecule has 1 fully saturated rings. The van der Waals surface area contributed by atoms with Crippen LogP contribution in [0.4, 0.5) is 4.39 Å². The number of likely N-dealkylation sites (tertiary alicyclic amines) is 1. The normalized spacial score (nSPS) is 15.0. The van der Waals surface area contributed by atoms with Crippen molar-refractivity contribution >= 4 is 17.7 Å². The van der Waals surface area contributed by atoms with E-state index in [9.17, 15) is 9.18 Å². The van der Waals surface area contributed by atoms with E-state index < -0.39 is 0 Å². The second-order valence-electron chi connectivity index (χ2n) is 5.88. The van der Waals surface area contributed by atoms with Crippen molar-refractivity contribution in [3.63, 3.8) is 0 Å². The fraction of sp³-hybridized carbons (Fsp3) is 0.438. The van der Waals surface area contributed by atoms with E-state index in [0.29, 0.717) is 30.6 Å². The minimum Gasteiger partial charge on any atom is -0.340 e. The number of benzene rings is 1. The van der Waals surface area contributed by atoms with Gasteiger partial charge >= 0.3 is 0 Å². The van der Waals surface area contributed by atoms with E-state index >= 15 is 0 Å². The first-order chi connectivity index (χ1) is 11.0. The molecule has 0 radical (unpaired) electrons. The molecule has 0 atom stereocenters. The average Bonchev–Trinajstić information content (AvgIpc) is 2.95. The van der Waals surface area contributed by atoms with E-state index in [4.69, 9.17) is 4.52 Å². The Morgan fingerprint density at radius 1 is 1.39 bits per heavy atom. The topological polar surface area (TPSA) is 59.2 Å². The molecule has 2 aromatic rings. The summed E-state index contributed by atoms with van der Waals surface area (Å²) in [7, 11) is 0. The summed E-state index contributed by atoms with van der Waals surface area (Å²) >= 11 is 1.41. The van der Waals surface area contributed by atoms with Crippen LogP contribution in [0.25, 0.3) is 0 Å². The highest BCUT2D eigenvalue weighted by atomic mass is 32.2. The number of nitrogens with zero attached hydrogens (tertiary/aromatic N) is 3. The number of rotatable bonds is 5. The van der Waals surface area contributed by atoms with Crippen LogP contribution >= 0.6 is 11.8 Å². The Morgan fingerprint density at radius 3 is 2.70 bits per heavy atom.